The molecule has 0 amide bonds. The number of rotatable bonds is 4. The predicted octanol–water partition coefficient (Wildman–Crippen LogP) is -1.87. The van der Waals surface area contributed by atoms with Gasteiger partial charge in [0.1, 0.15) is 0 Å². The van der Waals surface area contributed by atoms with Crippen molar-refractivity contribution < 1.29 is 8.42 Å². The van der Waals surface area contributed by atoms with Gasteiger partial charge in [-0.1, -0.05) is 0 Å². The fraction of sp³-hybridized carbons (Fsp3) is 1.00. The first-order valence-electron chi connectivity index (χ1n) is 2.53. The maximum absolute atomic E-state index is 10.1. The van der Waals surface area contributed by atoms with E-state index >= 15 is 0 Å². The van der Waals surface area contributed by atoms with Crippen LogP contribution in [0.15, 0.2) is 0 Å². The van der Waals surface area contributed by atoms with Crippen LogP contribution in [0.3, 0.4) is 0 Å². The second-order valence-electron chi connectivity index (χ2n) is 1.58. The summed E-state index contributed by atoms with van der Waals surface area (Å²) in [5.41, 5.74) is 5.08. The fourth-order valence-electron chi connectivity index (χ4n) is 0.316. The molecule has 0 heterocycles. The predicted molar refractivity (Wildman–Crippen MR) is 34.8 cm³/mol. The molecule has 0 spiro atoms. The lowest BCUT2D eigenvalue weighted by Gasteiger charge is -1.97. The zero-order valence-electron chi connectivity index (χ0n) is 5.00. The van der Waals surface area contributed by atoms with Crippen LogP contribution < -0.4 is 15.6 Å². The molecule has 5 nitrogen and oxygen atoms in total. The first-order chi connectivity index (χ1) is 4.06. The van der Waals surface area contributed by atoms with Crippen LogP contribution in [0.4, 0.5) is 0 Å². The van der Waals surface area contributed by atoms with Gasteiger partial charge in [-0.3, -0.25) is 0 Å². The van der Waals surface area contributed by atoms with Gasteiger partial charge in [0, 0.05) is 6.54 Å². The highest BCUT2D eigenvalue weighted by Gasteiger charge is 1.96. The largest absolute Gasteiger partial charge is 0.330 e. The van der Waals surface area contributed by atoms with Crippen LogP contribution in [-0.4, -0.2) is 21.5 Å². The van der Waals surface area contributed by atoms with Gasteiger partial charge in [-0.25, -0.2) is 9.86 Å². The maximum atomic E-state index is 10.1. The highest BCUT2D eigenvalue weighted by atomic mass is 32.2. The average molecular weight is 153 g/mol. The molecule has 6 heteroatoms. The topological polar surface area (TPSA) is 98.2 Å². The lowest BCUT2D eigenvalue weighted by molar-refractivity contribution is 0.581. The van der Waals surface area contributed by atoms with Crippen molar-refractivity contribution in [2.45, 2.75) is 6.42 Å². The average Bonchev–Trinajstić information content (AvgIpc) is 1.63. The normalized spacial score (nSPS) is 11.8. The van der Waals surface area contributed by atoms with E-state index in [4.69, 9.17) is 5.73 Å². The van der Waals surface area contributed by atoms with Gasteiger partial charge in [-0.05, 0) is 13.0 Å². The summed E-state index contributed by atoms with van der Waals surface area (Å²) in [7, 11) is -3.50. The van der Waals surface area contributed by atoms with Gasteiger partial charge in [0.2, 0.25) is 0 Å². The van der Waals surface area contributed by atoms with E-state index < -0.39 is 10.2 Å². The second-order valence-corrected chi connectivity index (χ2v) is 2.96. The highest BCUT2D eigenvalue weighted by Crippen LogP contribution is 1.71. The molecular weight excluding hydrogens is 142 g/mol. The Balaban J connectivity index is 3.30. The zero-order chi connectivity index (χ0) is 7.33. The van der Waals surface area contributed by atoms with Gasteiger partial charge in [0.25, 0.3) is 10.2 Å². The molecule has 0 saturated heterocycles. The molecule has 0 saturated carbocycles. The van der Waals surface area contributed by atoms with E-state index in [2.05, 4.69) is 9.86 Å². The Morgan fingerprint density at radius 2 is 2.00 bits per heavy atom. The first-order valence-corrected chi connectivity index (χ1v) is 4.08. The fourth-order valence-corrected chi connectivity index (χ4v) is 0.745. The van der Waals surface area contributed by atoms with Crippen LogP contribution in [0.2, 0.25) is 0 Å². The van der Waals surface area contributed by atoms with E-state index in [0.717, 1.165) is 0 Å². The molecule has 0 bridgehead atoms. The SMILES string of the molecule is NCCCNS(N)(=O)=O. The van der Waals surface area contributed by atoms with Crippen molar-refractivity contribution in [1.29, 1.82) is 0 Å². The molecule has 0 aliphatic rings. The maximum Gasteiger partial charge on any atom is 0.274 e. The highest BCUT2D eigenvalue weighted by molar-refractivity contribution is 7.87. The molecule has 0 aromatic carbocycles. The molecule has 0 aromatic rings. The summed E-state index contributed by atoms with van der Waals surface area (Å²) in [6.45, 7) is 0.776. The third-order valence-corrected chi connectivity index (χ3v) is 1.29. The van der Waals surface area contributed by atoms with E-state index in [-0.39, 0.29) is 0 Å². The summed E-state index contributed by atoms with van der Waals surface area (Å²) in [6, 6.07) is 0. The Morgan fingerprint density at radius 3 is 2.33 bits per heavy atom. The Morgan fingerprint density at radius 1 is 1.44 bits per heavy atom. The quantitative estimate of drug-likeness (QED) is 0.412. The third-order valence-electron chi connectivity index (χ3n) is 0.684. The summed E-state index contributed by atoms with van der Waals surface area (Å²) < 4.78 is 22.4. The minimum atomic E-state index is -3.50. The molecule has 5 N–H and O–H groups in total. The van der Waals surface area contributed by atoms with Crippen LogP contribution in [0, 0.1) is 0 Å². The Hall–Kier alpha value is -0.170. The standard InChI is InChI=1S/C3H11N3O2S/c4-2-1-3-6-9(5,7)8/h6H,1-4H2,(H2,5,7,8). The van der Waals surface area contributed by atoms with Crippen LogP contribution in [0.5, 0.6) is 0 Å². The molecular formula is C3H11N3O2S. The van der Waals surface area contributed by atoms with E-state index in [1.54, 1.807) is 0 Å². The Kier molecular flexibility index (Phi) is 3.71. The number of nitrogens with two attached hydrogens (primary N) is 2. The molecule has 0 fully saturated rings. The molecule has 0 aliphatic heterocycles. The smallest absolute Gasteiger partial charge is 0.274 e. The molecule has 0 unspecified atom stereocenters. The molecule has 9 heavy (non-hydrogen) atoms. The summed E-state index contributed by atoms with van der Waals surface area (Å²) in [4.78, 5) is 0. The molecule has 56 valence electrons. The van der Waals surface area contributed by atoms with Crippen molar-refractivity contribution in [3.63, 3.8) is 0 Å². The number of hydrogen-bond acceptors (Lipinski definition) is 3. The lowest BCUT2D eigenvalue weighted by Crippen LogP contribution is -2.32. The molecule has 0 aliphatic carbocycles. The van der Waals surface area contributed by atoms with Crippen molar-refractivity contribution in [3.8, 4) is 0 Å². The zero-order valence-corrected chi connectivity index (χ0v) is 5.82. The minimum Gasteiger partial charge on any atom is -0.330 e. The third kappa shape index (κ3) is 7.83. The molecule has 0 rings (SSSR count). The van der Waals surface area contributed by atoms with Gasteiger partial charge in [-0.15, -0.1) is 0 Å². The van der Waals surface area contributed by atoms with E-state index in [1.165, 1.54) is 0 Å². The monoisotopic (exact) mass is 153 g/mol. The van der Waals surface area contributed by atoms with E-state index in [9.17, 15) is 8.42 Å². The van der Waals surface area contributed by atoms with Gasteiger partial charge < -0.3 is 5.73 Å². The summed E-state index contributed by atoms with van der Waals surface area (Å²) in [5.74, 6) is 0. The lowest BCUT2D eigenvalue weighted by atomic mass is 10.4. The molecule has 0 atom stereocenters. The number of hydrogen-bond donors (Lipinski definition) is 3. The van der Waals surface area contributed by atoms with Gasteiger partial charge >= 0.3 is 0 Å². The first kappa shape index (κ1) is 8.83. The van der Waals surface area contributed by atoms with Crippen molar-refractivity contribution in [3.05, 3.63) is 0 Å². The van der Waals surface area contributed by atoms with Crippen molar-refractivity contribution in [2.75, 3.05) is 13.1 Å². The Bertz CT molecular complexity index is 152. The van der Waals surface area contributed by atoms with Crippen LogP contribution in [0.1, 0.15) is 6.42 Å². The van der Waals surface area contributed by atoms with E-state index in [1.807, 2.05) is 0 Å². The summed E-state index contributed by atoms with van der Waals surface area (Å²) >= 11 is 0. The van der Waals surface area contributed by atoms with Crippen LogP contribution in [-0.2, 0) is 10.2 Å². The number of nitrogens with one attached hydrogen (secondary N) is 1. The van der Waals surface area contributed by atoms with Crippen molar-refractivity contribution >= 4 is 10.2 Å². The van der Waals surface area contributed by atoms with Gasteiger partial charge in [-0.2, -0.15) is 8.42 Å². The summed E-state index contributed by atoms with van der Waals surface area (Å²) in [5, 5.41) is 4.60. The van der Waals surface area contributed by atoms with Gasteiger partial charge in [0.15, 0.2) is 0 Å². The summed E-state index contributed by atoms with van der Waals surface area (Å²) in [6.07, 6.45) is 0.608. The molecule has 0 aromatic heterocycles. The van der Waals surface area contributed by atoms with E-state index in [0.29, 0.717) is 19.5 Å². The van der Waals surface area contributed by atoms with Crippen LogP contribution >= 0.6 is 0 Å². The minimum absolute atomic E-state index is 0.315. The second kappa shape index (κ2) is 3.78. The van der Waals surface area contributed by atoms with Crippen LogP contribution in [0.25, 0.3) is 0 Å². The van der Waals surface area contributed by atoms with Crippen molar-refractivity contribution in [1.82, 2.24) is 4.72 Å². The molecule has 0 radical (unpaired) electrons. The van der Waals surface area contributed by atoms with Crippen molar-refractivity contribution in [2.24, 2.45) is 10.9 Å². The Labute approximate surface area is 54.6 Å². The van der Waals surface area contributed by atoms with Gasteiger partial charge in [0.05, 0.1) is 0 Å².